The van der Waals surface area contributed by atoms with E-state index in [0.29, 0.717) is 0 Å². The van der Waals surface area contributed by atoms with Crippen molar-refractivity contribution in [2.45, 2.75) is 25.3 Å². The van der Waals surface area contributed by atoms with Gasteiger partial charge < -0.3 is 14.9 Å². The number of carbonyl (C=O) groups excluding carboxylic acids is 1. The molecule has 0 spiro atoms. The van der Waals surface area contributed by atoms with Crippen LogP contribution >= 0.6 is 0 Å². The Morgan fingerprint density at radius 2 is 1.83 bits per heavy atom. The number of hydrogen-bond donors (Lipinski definition) is 4. The number of rotatable bonds is 10. The minimum atomic E-state index is -2.16. The second-order valence-corrected chi connectivity index (χ2v) is 5.68. The van der Waals surface area contributed by atoms with Gasteiger partial charge in [-0.2, -0.15) is 0 Å². The van der Waals surface area contributed by atoms with Crippen molar-refractivity contribution in [1.29, 1.82) is 0 Å². The Labute approximate surface area is 140 Å². The van der Waals surface area contributed by atoms with E-state index >= 15 is 0 Å². The third-order valence-corrected chi connectivity index (χ3v) is 3.62. The maximum atomic E-state index is 11.7. The molecule has 0 aliphatic rings. The number of amides is 1. The largest absolute Gasteiger partial charge is 0.481 e. The van der Waals surface area contributed by atoms with Gasteiger partial charge in [0.25, 0.3) is 0 Å². The molecule has 24 heavy (non-hydrogen) atoms. The number of carboxylic acid groups (broad SMARTS) is 2. The molecule has 0 aliphatic heterocycles. The van der Waals surface area contributed by atoms with Gasteiger partial charge in [-0.1, -0.05) is 30.3 Å². The number of aliphatic carboxylic acids is 2. The molecule has 9 nitrogen and oxygen atoms in total. The Morgan fingerprint density at radius 3 is 2.42 bits per heavy atom. The molecule has 0 saturated carbocycles. The van der Waals surface area contributed by atoms with Crippen molar-refractivity contribution in [2.75, 3.05) is 6.61 Å². The quantitative estimate of drug-likeness (QED) is 0.445. The Kier molecular flexibility index (Phi) is 8.44. The van der Waals surface area contributed by atoms with Crippen LogP contribution in [0.1, 0.15) is 18.4 Å². The number of carboxylic acids is 2. The second-order valence-electron chi connectivity index (χ2n) is 4.70. The smallest absolute Gasteiger partial charge is 0.420 e. The number of benzene rings is 1. The molecule has 2 unspecified atom stereocenters. The first-order valence-electron chi connectivity index (χ1n) is 6.98. The van der Waals surface area contributed by atoms with Crippen LogP contribution in [0.3, 0.4) is 0 Å². The maximum absolute atomic E-state index is 11.7. The molecular weight excluding hydrogens is 340 g/mol. The van der Waals surface area contributed by atoms with Crippen LogP contribution < -0.4 is 9.44 Å². The highest BCUT2D eigenvalue weighted by Gasteiger charge is 2.21. The number of hydrogen-bond acceptors (Lipinski definition) is 5. The molecule has 0 bridgehead atoms. The monoisotopic (exact) mass is 358 g/mol. The van der Waals surface area contributed by atoms with Gasteiger partial charge in [0.2, 0.25) is 0 Å². The molecule has 132 valence electrons. The summed E-state index contributed by atoms with van der Waals surface area (Å²) >= 11 is -2.16. The van der Waals surface area contributed by atoms with E-state index in [1.165, 1.54) is 0 Å². The summed E-state index contributed by atoms with van der Waals surface area (Å²) in [7, 11) is 0. The standard InChI is InChI=1S/C14H18N2O7S/c17-12(18)7-4-8-23-14(21)16-24(22)15-11(13(19)20)9-10-5-2-1-3-6-10/h1-3,5-6,11,15H,4,7-9H2,(H,16,21)(H,17,18)(H,19,20). The van der Waals surface area contributed by atoms with E-state index in [-0.39, 0.29) is 25.9 Å². The number of nitrogens with one attached hydrogen (secondary N) is 2. The normalized spacial score (nSPS) is 12.8. The first-order chi connectivity index (χ1) is 11.4. The number of ether oxygens (including phenoxy) is 1. The third-order valence-electron chi connectivity index (χ3n) is 2.77. The van der Waals surface area contributed by atoms with Crippen molar-refractivity contribution in [3.05, 3.63) is 35.9 Å². The molecule has 0 saturated heterocycles. The third kappa shape index (κ3) is 8.25. The van der Waals surface area contributed by atoms with Gasteiger partial charge in [0.1, 0.15) is 6.04 Å². The summed E-state index contributed by atoms with van der Waals surface area (Å²) in [6.45, 7) is -0.151. The van der Waals surface area contributed by atoms with Crippen molar-refractivity contribution in [3.63, 3.8) is 0 Å². The fourth-order valence-corrected chi connectivity index (χ4v) is 2.39. The van der Waals surface area contributed by atoms with Crippen molar-refractivity contribution in [1.82, 2.24) is 9.44 Å². The topological polar surface area (TPSA) is 142 Å². The van der Waals surface area contributed by atoms with E-state index in [1.54, 1.807) is 30.3 Å². The second kappa shape index (κ2) is 10.3. The summed E-state index contributed by atoms with van der Waals surface area (Å²) in [5.41, 5.74) is 0.727. The minimum Gasteiger partial charge on any atom is -0.481 e. The van der Waals surface area contributed by atoms with Crippen LogP contribution in [-0.4, -0.2) is 45.1 Å². The zero-order chi connectivity index (χ0) is 17.9. The van der Waals surface area contributed by atoms with Gasteiger partial charge in [0.15, 0.2) is 11.2 Å². The van der Waals surface area contributed by atoms with E-state index in [0.717, 1.165) is 5.56 Å². The molecule has 10 heteroatoms. The van der Waals surface area contributed by atoms with Crippen LogP contribution in [0.25, 0.3) is 0 Å². The van der Waals surface area contributed by atoms with Gasteiger partial charge in [0, 0.05) is 6.42 Å². The van der Waals surface area contributed by atoms with E-state index in [9.17, 15) is 18.6 Å². The van der Waals surface area contributed by atoms with E-state index in [1.807, 2.05) is 4.72 Å². The van der Waals surface area contributed by atoms with Crippen LogP contribution in [0.15, 0.2) is 30.3 Å². The van der Waals surface area contributed by atoms with E-state index in [2.05, 4.69) is 9.46 Å². The molecule has 0 heterocycles. The summed E-state index contributed by atoms with van der Waals surface area (Å²) in [5, 5.41) is 17.6. The SMILES string of the molecule is O=C(O)CCCOC(=O)NS(=O)NC(Cc1ccccc1)C(=O)O. The van der Waals surface area contributed by atoms with Crippen LogP contribution in [-0.2, 0) is 31.9 Å². The van der Waals surface area contributed by atoms with Crippen LogP contribution in [0.5, 0.6) is 0 Å². The summed E-state index contributed by atoms with van der Waals surface area (Å²) in [4.78, 5) is 32.8. The Balaban J connectivity index is 2.41. The molecule has 1 rings (SSSR count). The predicted octanol–water partition coefficient (Wildman–Crippen LogP) is 0.442. The lowest BCUT2D eigenvalue weighted by atomic mass is 10.1. The lowest BCUT2D eigenvalue weighted by molar-refractivity contribution is -0.139. The zero-order valence-corrected chi connectivity index (χ0v) is 13.5. The van der Waals surface area contributed by atoms with Crippen LogP contribution in [0.2, 0.25) is 0 Å². The van der Waals surface area contributed by atoms with Crippen LogP contribution in [0.4, 0.5) is 4.79 Å². The molecule has 2 atom stereocenters. The fraction of sp³-hybridized carbons (Fsp3) is 0.357. The molecule has 4 N–H and O–H groups in total. The Hall–Kier alpha value is -2.46. The lowest BCUT2D eigenvalue weighted by Crippen LogP contribution is -2.45. The molecule has 0 aromatic heterocycles. The summed E-state index contributed by atoms with van der Waals surface area (Å²) in [6, 6.07) is 7.57. The highest BCUT2D eigenvalue weighted by molar-refractivity contribution is 7.81. The molecule has 0 fully saturated rings. The molecule has 1 aromatic rings. The van der Waals surface area contributed by atoms with Gasteiger partial charge in [-0.25, -0.2) is 18.4 Å². The van der Waals surface area contributed by atoms with Gasteiger partial charge in [-0.15, -0.1) is 0 Å². The van der Waals surface area contributed by atoms with Crippen LogP contribution in [0, 0.1) is 0 Å². The van der Waals surface area contributed by atoms with Gasteiger partial charge in [0.05, 0.1) is 6.61 Å². The van der Waals surface area contributed by atoms with E-state index in [4.69, 9.17) is 10.2 Å². The Morgan fingerprint density at radius 1 is 1.17 bits per heavy atom. The number of carbonyl (C=O) groups is 3. The molecule has 1 amide bonds. The average Bonchev–Trinajstić information content (AvgIpc) is 2.51. The molecule has 1 aromatic carbocycles. The lowest BCUT2D eigenvalue weighted by Gasteiger charge is -2.14. The fourth-order valence-electron chi connectivity index (χ4n) is 1.68. The summed E-state index contributed by atoms with van der Waals surface area (Å²) < 4.78 is 20.6. The van der Waals surface area contributed by atoms with Gasteiger partial charge >= 0.3 is 18.0 Å². The average molecular weight is 358 g/mol. The summed E-state index contributed by atoms with van der Waals surface area (Å²) in [6.07, 6.45) is -0.992. The Bertz CT molecular complexity index is 594. The van der Waals surface area contributed by atoms with Crippen molar-refractivity contribution in [3.8, 4) is 0 Å². The zero-order valence-electron chi connectivity index (χ0n) is 12.6. The van der Waals surface area contributed by atoms with Gasteiger partial charge in [-0.3, -0.25) is 9.59 Å². The van der Waals surface area contributed by atoms with Gasteiger partial charge in [-0.05, 0) is 18.4 Å². The first-order valence-corrected chi connectivity index (χ1v) is 8.13. The van der Waals surface area contributed by atoms with E-state index < -0.39 is 35.2 Å². The molecular formula is C14H18N2O7S. The molecule has 0 radical (unpaired) electrons. The molecule has 0 aliphatic carbocycles. The van der Waals surface area contributed by atoms with Crippen molar-refractivity contribution >= 4 is 29.2 Å². The highest BCUT2D eigenvalue weighted by Crippen LogP contribution is 2.03. The summed E-state index contributed by atoms with van der Waals surface area (Å²) in [5.74, 6) is -2.24. The van der Waals surface area contributed by atoms with Crippen molar-refractivity contribution < 1.29 is 33.5 Å². The maximum Gasteiger partial charge on any atom is 0.420 e. The highest BCUT2D eigenvalue weighted by atomic mass is 32.2. The van der Waals surface area contributed by atoms with Crippen molar-refractivity contribution in [2.24, 2.45) is 0 Å². The first kappa shape index (κ1) is 19.6. The minimum absolute atomic E-state index is 0.0806. The predicted molar refractivity (Wildman–Crippen MR) is 84.2 cm³/mol.